The minimum Gasteiger partial charge on any atom is -0.349 e. The van der Waals surface area contributed by atoms with Crippen molar-refractivity contribution in [3.63, 3.8) is 0 Å². The van der Waals surface area contributed by atoms with Crippen molar-refractivity contribution in [1.82, 2.24) is 9.80 Å². The first-order valence-corrected chi connectivity index (χ1v) is 7.13. The molecule has 0 radical (unpaired) electrons. The minimum atomic E-state index is 0.194. The van der Waals surface area contributed by atoms with Crippen LogP contribution in [0.1, 0.15) is 44.9 Å². The summed E-state index contributed by atoms with van der Waals surface area (Å²) in [5.41, 5.74) is 6.20. The van der Waals surface area contributed by atoms with Gasteiger partial charge in [0.1, 0.15) is 0 Å². The van der Waals surface area contributed by atoms with Gasteiger partial charge in [-0.1, -0.05) is 19.3 Å². The van der Waals surface area contributed by atoms with Crippen LogP contribution in [0.4, 0.5) is 0 Å². The maximum absolute atomic E-state index is 11.5. The largest absolute Gasteiger partial charge is 0.349 e. The van der Waals surface area contributed by atoms with Gasteiger partial charge < -0.3 is 10.6 Å². The molecule has 0 heterocycles. The molecule has 0 aliphatic heterocycles. The molecule has 0 aromatic heterocycles. The van der Waals surface area contributed by atoms with Crippen LogP contribution in [0.3, 0.4) is 0 Å². The lowest BCUT2D eigenvalue weighted by molar-refractivity contribution is -0.128. The summed E-state index contributed by atoms with van der Waals surface area (Å²) in [6.45, 7) is 1.71. The molecule has 1 saturated carbocycles. The van der Waals surface area contributed by atoms with Crippen LogP contribution < -0.4 is 5.73 Å². The number of hydrogen-bond donors (Lipinski definition) is 1. The zero-order valence-corrected chi connectivity index (χ0v) is 12.2. The Morgan fingerprint density at radius 1 is 1.17 bits per heavy atom. The van der Waals surface area contributed by atoms with E-state index in [1.54, 1.807) is 4.90 Å². The third-order valence-electron chi connectivity index (χ3n) is 4.36. The van der Waals surface area contributed by atoms with E-state index in [9.17, 15) is 4.79 Å². The van der Waals surface area contributed by atoms with Gasteiger partial charge in [0, 0.05) is 32.6 Å². The van der Waals surface area contributed by atoms with Crippen molar-refractivity contribution in [3.8, 4) is 0 Å². The van der Waals surface area contributed by atoms with E-state index in [4.69, 9.17) is 5.73 Å². The van der Waals surface area contributed by atoms with Gasteiger partial charge >= 0.3 is 0 Å². The Morgan fingerprint density at radius 3 is 2.28 bits per heavy atom. The molecule has 4 heteroatoms. The zero-order chi connectivity index (χ0) is 13.6. The average molecular weight is 255 g/mol. The monoisotopic (exact) mass is 255 g/mol. The lowest BCUT2D eigenvalue weighted by Gasteiger charge is -2.44. The number of nitrogens with zero attached hydrogens (tertiary/aromatic N) is 2. The van der Waals surface area contributed by atoms with Crippen molar-refractivity contribution in [2.75, 3.05) is 34.2 Å². The van der Waals surface area contributed by atoms with E-state index in [2.05, 4.69) is 11.9 Å². The second-order valence-corrected chi connectivity index (χ2v) is 5.80. The Hall–Kier alpha value is -0.610. The van der Waals surface area contributed by atoms with Crippen LogP contribution in [0.2, 0.25) is 0 Å². The molecule has 0 aromatic rings. The van der Waals surface area contributed by atoms with Crippen molar-refractivity contribution in [2.45, 2.75) is 50.5 Å². The Balaban J connectivity index is 2.38. The van der Waals surface area contributed by atoms with Crippen LogP contribution >= 0.6 is 0 Å². The van der Waals surface area contributed by atoms with E-state index in [-0.39, 0.29) is 11.4 Å². The van der Waals surface area contributed by atoms with E-state index in [1.807, 2.05) is 14.1 Å². The fourth-order valence-electron chi connectivity index (χ4n) is 2.88. The van der Waals surface area contributed by atoms with Gasteiger partial charge in [0.25, 0.3) is 0 Å². The number of amides is 1. The predicted molar refractivity (Wildman–Crippen MR) is 75.4 cm³/mol. The van der Waals surface area contributed by atoms with E-state index in [1.165, 1.54) is 32.1 Å². The molecule has 0 aromatic carbocycles. The Bertz CT molecular complexity index is 260. The van der Waals surface area contributed by atoms with Crippen LogP contribution in [-0.4, -0.2) is 55.5 Å². The molecule has 1 aliphatic carbocycles. The van der Waals surface area contributed by atoms with E-state index >= 15 is 0 Å². The smallest absolute Gasteiger partial charge is 0.222 e. The highest BCUT2D eigenvalue weighted by molar-refractivity contribution is 5.75. The van der Waals surface area contributed by atoms with Gasteiger partial charge in [-0.2, -0.15) is 0 Å². The first-order valence-electron chi connectivity index (χ1n) is 7.13. The summed E-state index contributed by atoms with van der Waals surface area (Å²) in [5, 5.41) is 0. The summed E-state index contributed by atoms with van der Waals surface area (Å²) in [6.07, 6.45) is 7.90. The van der Waals surface area contributed by atoms with Crippen LogP contribution in [0, 0.1) is 0 Å². The highest BCUT2D eigenvalue weighted by Crippen LogP contribution is 2.32. The summed E-state index contributed by atoms with van der Waals surface area (Å²) in [5.74, 6) is 0.217. The van der Waals surface area contributed by atoms with Crippen LogP contribution in [0.5, 0.6) is 0 Å². The van der Waals surface area contributed by atoms with E-state index < -0.39 is 0 Å². The number of hydrogen-bond acceptors (Lipinski definition) is 3. The number of carbonyl (C=O) groups is 1. The maximum atomic E-state index is 11.5. The van der Waals surface area contributed by atoms with Crippen molar-refractivity contribution in [2.24, 2.45) is 5.73 Å². The number of nitrogens with two attached hydrogens (primary N) is 1. The fraction of sp³-hybridized carbons (Fsp3) is 0.929. The first kappa shape index (κ1) is 15.4. The summed E-state index contributed by atoms with van der Waals surface area (Å²) in [4.78, 5) is 15.6. The van der Waals surface area contributed by atoms with Crippen LogP contribution in [-0.2, 0) is 4.79 Å². The van der Waals surface area contributed by atoms with Crippen molar-refractivity contribution >= 4 is 5.91 Å². The topological polar surface area (TPSA) is 49.6 Å². The second-order valence-electron chi connectivity index (χ2n) is 5.80. The highest BCUT2D eigenvalue weighted by Gasteiger charge is 2.34. The molecule has 1 amide bonds. The molecule has 0 bridgehead atoms. The van der Waals surface area contributed by atoms with Crippen molar-refractivity contribution in [1.29, 1.82) is 0 Å². The molecule has 0 atom stereocenters. The second kappa shape index (κ2) is 7.10. The summed E-state index contributed by atoms with van der Waals surface area (Å²) in [6, 6.07) is 0. The molecule has 0 saturated heterocycles. The van der Waals surface area contributed by atoms with Crippen LogP contribution in [0.15, 0.2) is 0 Å². The zero-order valence-electron chi connectivity index (χ0n) is 12.2. The summed E-state index contributed by atoms with van der Waals surface area (Å²) in [7, 11) is 5.79. The molecule has 106 valence electrons. The predicted octanol–water partition coefficient (Wildman–Crippen LogP) is 1.45. The normalized spacial score (nSPS) is 18.9. The van der Waals surface area contributed by atoms with Gasteiger partial charge in [0.05, 0.1) is 0 Å². The van der Waals surface area contributed by atoms with Gasteiger partial charge in [-0.15, -0.1) is 0 Å². The number of likely N-dealkylation sites (N-methyl/N-ethyl adjacent to an activating group) is 1. The van der Waals surface area contributed by atoms with Gasteiger partial charge in [-0.05, 0) is 32.9 Å². The van der Waals surface area contributed by atoms with Crippen molar-refractivity contribution in [3.05, 3.63) is 0 Å². The third-order valence-corrected chi connectivity index (χ3v) is 4.36. The molecule has 2 N–H and O–H groups in total. The quantitative estimate of drug-likeness (QED) is 0.781. The number of carbonyl (C=O) groups excluding carboxylic acids is 1. The highest BCUT2D eigenvalue weighted by atomic mass is 16.2. The lowest BCUT2D eigenvalue weighted by Crippen LogP contribution is -2.53. The number of rotatable bonds is 6. The Morgan fingerprint density at radius 2 is 1.78 bits per heavy atom. The maximum Gasteiger partial charge on any atom is 0.222 e. The van der Waals surface area contributed by atoms with E-state index in [0.29, 0.717) is 6.42 Å². The molecule has 0 spiro atoms. The van der Waals surface area contributed by atoms with Crippen LogP contribution in [0.25, 0.3) is 0 Å². The SMILES string of the molecule is CN(C)C(=O)CCCN(C)C1(CN)CCCCC1. The molecule has 1 fully saturated rings. The van der Waals surface area contributed by atoms with Gasteiger partial charge in [-0.3, -0.25) is 9.69 Å². The Labute approximate surface area is 111 Å². The molecular weight excluding hydrogens is 226 g/mol. The van der Waals surface area contributed by atoms with Crippen molar-refractivity contribution < 1.29 is 4.79 Å². The van der Waals surface area contributed by atoms with Gasteiger partial charge in [-0.25, -0.2) is 0 Å². The summed E-state index contributed by atoms with van der Waals surface area (Å²) >= 11 is 0. The third kappa shape index (κ3) is 3.95. The van der Waals surface area contributed by atoms with Gasteiger partial charge in [0.15, 0.2) is 0 Å². The Kier molecular flexibility index (Phi) is 6.09. The molecule has 4 nitrogen and oxygen atoms in total. The minimum absolute atomic E-state index is 0.194. The summed E-state index contributed by atoms with van der Waals surface area (Å²) < 4.78 is 0. The van der Waals surface area contributed by atoms with Gasteiger partial charge in [0.2, 0.25) is 5.91 Å². The fourth-order valence-corrected chi connectivity index (χ4v) is 2.88. The lowest BCUT2D eigenvalue weighted by atomic mass is 9.80. The molecule has 1 rings (SSSR count). The molecular formula is C14H29N3O. The molecule has 0 unspecified atom stereocenters. The average Bonchev–Trinajstić information content (AvgIpc) is 2.39. The molecule has 1 aliphatic rings. The first-order chi connectivity index (χ1) is 8.52. The van der Waals surface area contributed by atoms with E-state index in [0.717, 1.165) is 19.5 Å². The standard InChI is InChI=1S/C14H29N3O/c1-16(2)13(18)8-7-11-17(3)14(12-15)9-5-4-6-10-14/h4-12,15H2,1-3H3. The molecule has 18 heavy (non-hydrogen) atoms.